The highest BCUT2D eigenvalue weighted by Crippen LogP contribution is 2.18. The van der Waals surface area contributed by atoms with Crippen LogP contribution in [0.3, 0.4) is 0 Å². The van der Waals surface area contributed by atoms with Gasteiger partial charge in [0.1, 0.15) is 17.3 Å². The number of amides is 1. The minimum absolute atomic E-state index is 0.0850. The fourth-order valence-electron chi connectivity index (χ4n) is 3.12. The van der Waals surface area contributed by atoms with Crippen molar-refractivity contribution in [3.05, 3.63) is 81.9 Å². The molecule has 0 atom stereocenters. The first kappa shape index (κ1) is 20.7. The van der Waals surface area contributed by atoms with Crippen LogP contribution in [0.1, 0.15) is 17.1 Å². The van der Waals surface area contributed by atoms with Gasteiger partial charge in [-0.3, -0.25) is 14.0 Å². The Morgan fingerprint density at radius 2 is 2.03 bits per heavy atom. The van der Waals surface area contributed by atoms with Gasteiger partial charge in [-0.2, -0.15) is 0 Å². The highest BCUT2D eigenvalue weighted by molar-refractivity contribution is 7.99. The molecule has 10 heteroatoms. The molecule has 3 heterocycles. The van der Waals surface area contributed by atoms with Crippen LogP contribution in [0.15, 0.2) is 58.6 Å². The second-order valence-electron chi connectivity index (χ2n) is 6.89. The normalized spacial score (nSPS) is 11.1. The molecule has 0 aliphatic rings. The minimum Gasteiger partial charge on any atom is -0.325 e. The first-order valence-electron chi connectivity index (χ1n) is 9.45. The second kappa shape index (κ2) is 8.68. The van der Waals surface area contributed by atoms with Crippen LogP contribution in [-0.4, -0.2) is 35.8 Å². The Hall–Kier alpha value is -3.53. The molecule has 0 radical (unpaired) electrons. The molecule has 0 saturated heterocycles. The van der Waals surface area contributed by atoms with E-state index in [1.165, 1.54) is 34.4 Å². The number of hydrogen-bond acceptors (Lipinski definition) is 6. The molecular weight excluding hydrogens is 419 g/mol. The number of rotatable bonds is 6. The molecule has 0 unspecified atom stereocenters. The molecule has 31 heavy (non-hydrogen) atoms. The van der Waals surface area contributed by atoms with Crippen molar-refractivity contribution >= 4 is 29.0 Å². The molecule has 3 aromatic heterocycles. The van der Waals surface area contributed by atoms with Crippen molar-refractivity contribution in [2.24, 2.45) is 7.05 Å². The van der Waals surface area contributed by atoms with Crippen molar-refractivity contribution in [3.8, 4) is 0 Å². The van der Waals surface area contributed by atoms with Crippen molar-refractivity contribution in [2.45, 2.75) is 18.5 Å². The zero-order chi connectivity index (χ0) is 22.0. The maximum atomic E-state index is 13.2. The summed E-state index contributed by atoms with van der Waals surface area (Å²) in [5.41, 5.74) is 2.02. The average molecular weight is 438 g/mol. The zero-order valence-electron chi connectivity index (χ0n) is 16.9. The summed E-state index contributed by atoms with van der Waals surface area (Å²) in [6, 6.07) is 11.1. The highest BCUT2D eigenvalue weighted by Gasteiger charge is 2.16. The van der Waals surface area contributed by atoms with E-state index in [-0.39, 0.29) is 23.6 Å². The molecule has 0 bridgehead atoms. The maximum absolute atomic E-state index is 13.2. The molecule has 4 rings (SSSR count). The van der Waals surface area contributed by atoms with E-state index in [0.29, 0.717) is 33.6 Å². The van der Waals surface area contributed by atoms with Crippen LogP contribution < -0.4 is 10.9 Å². The van der Waals surface area contributed by atoms with Crippen LogP contribution in [0.4, 0.5) is 10.1 Å². The van der Waals surface area contributed by atoms with E-state index < -0.39 is 5.82 Å². The number of aromatic nitrogens is 5. The van der Waals surface area contributed by atoms with Gasteiger partial charge in [-0.05, 0) is 37.3 Å². The van der Waals surface area contributed by atoms with Gasteiger partial charge in [0.05, 0.1) is 5.75 Å². The van der Waals surface area contributed by atoms with Gasteiger partial charge in [0.15, 0.2) is 5.16 Å². The predicted octanol–water partition coefficient (Wildman–Crippen LogP) is 2.59. The lowest BCUT2D eigenvalue weighted by Crippen LogP contribution is -2.22. The molecule has 158 valence electrons. The van der Waals surface area contributed by atoms with Gasteiger partial charge in [-0.15, -0.1) is 10.2 Å². The summed E-state index contributed by atoms with van der Waals surface area (Å²) < 4.78 is 16.5. The van der Waals surface area contributed by atoms with Crippen LogP contribution in [-0.2, 0) is 18.3 Å². The highest BCUT2D eigenvalue weighted by atomic mass is 32.2. The number of halogens is 1. The summed E-state index contributed by atoms with van der Waals surface area (Å²) in [7, 11) is 1.78. The maximum Gasteiger partial charge on any atom is 0.261 e. The molecule has 0 spiro atoms. The monoisotopic (exact) mass is 438 g/mol. The van der Waals surface area contributed by atoms with E-state index in [1.54, 1.807) is 42.9 Å². The van der Waals surface area contributed by atoms with Crippen molar-refractivity contribution in [1.82, 2.24) is 24.1 Å². The van der Waals surface area contributed by atoms with Gasteiger partial charge in [0, 0.05) is 36.6 Å². The number of aryl methyl sites for hydroxylation is 1. The van der Waals surface area contributed by atoms with E-state index in [2.05, 4.69) is 20.5 Å². The van der Waals surface area contributed by atoms with Crippen LogP contribution in [0.5, 0.6) is 0 Å². The largest absolute Gasteiger partial charge is 0.325 e. The number of hydrogen-bond donors (Lipinski definition) is 1. The smallest absolute Gasteiger partial charge is 0.261 e. The lowest BCUT2D eigenvalue weighted by Gasteiger charge is -2.08. The number of nitrogens with one attached hydrogen (secondary N) is 1. The molecule has 0 fully saturated rings. The molecule has 1 amide bonds. The average Bonchev–Trinajstić information content (AvgIpc) is 3.09. The van der Waals surface area contributed by atoms with E-state index in [4.69, 9.17) is 0 Å². The van der Waals surface area contributed by atoms with Gasteiger partial charge in [0.25, 0.3) is 5.56 Å². The minimum atomic E-state index is -0.419. The molecule has 0 saturated carbocycles. The Labute approximate surface area is 181 Å². The summed E-state index contributed by atoms with van der Waals surface area (Å²) in [4.78, 5) is 29.5. The van der Waals surface area contributed by atoms with Crippen LogP contribution in [0, 0.1) is 12.7 Å². The topological polar surface area (TPSA) is 94.2 Å². The summed E-state index contributed by atoms with van der Waals surface area (Å²) in [6.07, 6.45) is 1.96. The van der Waals surface area contributed by atoms with Crippen LogP contribution in [0.2, 0.25) is 0 Å². The fourth-order valence-corrected chi connectivity index (χ4v) is 3.85. The molecule has 8 nitrogen and oxygen atoms in total. The fraction of sp³-hybridized carbons (Fsp3) is 0.190. The Kier molecular flexibility index (Phi) is 5.81. The number of nitrogens with zero attached hydrogens (tertiary/aromatic N) is 5. The van der Waals surface area contributed by atoms with Crippen LogP contribution in [0.25, 0.3) is 5.65 Å². The zero-order valence-corrected chi connectivity index (χ0v) is 17.7. The Bertz CT molecular complexity index is 1330. The SMILES string of the molecule is Cc1nc2ccccn2c(=O)c1Cc1nnc(SCC(=O)Nc2cccc(F)c2)n1C. The van der Waals surface area contributed by atoms with Crippen molar-refractivity contribution in [2.75, 3.05) is 11.1 Å². The Balaban J connectivity index is 1.47. The third-order valence-electron chi connectivity index (χ3n) is 4.74. The standard InChI is InChI=1S/C21H19FN6O2S/c1-13-16(20(30)28-9-4-3-8-17(28)23-13)11-18-25-26-21(27(18)2)31-12-19(29)24-15-7-5-6-14(22)10-15/h3-10H,11-12H2,1-2H3,(H,24,29). The number of benzene rings is 1. The lowest BCUT2D eigenvalue weighted by molar-refractivity contribution is -0.113. The summed E-state index contributed by atoms with van der Waals surface area (Å²) in [5, 5.41) is 11.5. The second-order valence-corrected chi connectivity index (χ2v) is 7.83. The van der Waals surface area contributed by atoms with Crippen molar-refractivity contribution < 1.29 is 9.18 Å². The van der Waals surface area contributed by atoms with Crippen LogP contribution >= 0.6 is 11.8 Å². The van der Waals surface area contributed by atoms with Crippen molar-refractivity contribution in [1.29, 1.82) is 0 Å². The summed E-state index contributed by atoms with van der Waals surface area (Å²) in [5.74, 6) is -0.0292. The molecule has 4 aromatic rings. The van der Waals surface area contributed by atoms with E-state index in [1.807, 2.05) is 6.07 Å². The van der Waals surface area contributed by atoms with E-state index in [9.17, 15) is 14.0 Å². The molecular formula is C21H19FN6O2S. The number of thioether (sulfide) groups is 1. The van der Waals surface area contributed by atoms with E-state index in [0.717, 1.165) is 0 Å². The number of fused-ring (bicyclic) bond motifs is 1. The summed E-state index contributed by atoms with van der Waals surface area (Å²) >= 11 is 1.21. The number of pyridine rings is 1. The summed E-state index contributed by atoms with van der Waals surface area (Å²) in [6.45, 7) is 1.80. The quantitative estimate of drug-likeness (QED) is 0.465. The van der Waals surface area contributed by atoms with Crippen molar-refractivity contribution in [3.63, 3.8) is 0 Å². The van der Waals surface area contributed by atoms with Gasteiger partial charge >= 0.3 is 0 Å². The Morgan fingerprint density at radius 3 is 2.84 bits per heavy atom. The van der Waals surface area contributed by atoms with Gasteiger partial charge in [-0.25, -0.2) is 9.37 Å². The van der Waals surface area contributed by atoms with Gasteiger partial charge in [-0.1, -0.05) is 23.9 Å². The number of carbonyl (C=O) groups excluding carboxylic acids is 1. The first-order valence-corrected chi connectivity index (χ1v) is 10.4. The molecule has 0 aliphatic heterocycles. The van der Waals surface area contributed by atoms with Gasteiger partial charge in [0.2, 0.25) is 5.91 Å². The molecule has 1 N–H and O–H groups in total. The first-order chi connectivity index (χ1) is 14.9. The number of anilines is 1. The predicted molar refractivity (Wildman–Crippen MR) is 116 cm³/mol. The van der Waals surface area contributed by atoms with Gasteiger partial charge < -0.3 is 9.88 Å². The molecule has 1 aromatic carbocycles. The molecule has 0 aliphatic carbocycles. The Morgan fingerprint density at radius 1 is 1.19 bits per heavy atom. The third-order valence-corrected chi connectivity index (χ3v) is 5.76. The van der Waals surface area contributed by atoms with E-state index >= 15 is 0 Å². The lowest BCUT2D eigenvalue weighted by atomic mass is 10.1. The number of carbonyl (C=O) groups is 1. The third kappa shape index (κ3) is 4.48.